The number of aldehydes is 1. The molecule has 2 aromatic carbocycles. The van der Waals surface area contributed by atoms with Gasteiger partial charge in [0, 0.05) is 36.9 Å². The van der Waals surface area contributed by atoms with E-state index in [1.165, 1.54) is 42.1 Å². The van der Waals surface area contributed by atoms with E-state index in [0.29, 0.717) is 43.2 Å². The molecule has 2 N–H and O–H groups in total. The van der Waals surface area contributed by atoms with Crippen LogP contribution in [0, 0.1) is 12.7 Å². The van der Waals surface area contributed by atoms with Crippen molar-refractivity contribution < 1.29 is 14.0 Å². The number of carbonyl (C=O) groups is 2. The maximum absolute atomic E-state index is 14.3. The number of amides is 1. The van der Waals surface area contributed by atoms with Gasteiger partial charge in [0.15, 0.2) is 0 Å². The molecule has 1 aliphatic carbocycles. The number of hydrogen-bond donors (Lipinski definition) is 2. The fourth-order valence-electron chi connectivity index (χ4n) is 5.33. The van der Waals surface area contributed by atoms with Gasteiger partial charge in [0.1, 0.15) is 12.1 Å². The molecule has 5 nitrogen and oxygen atoms in total. The summed E-state index contributed by atoms with van der Waals surface area (Å²) in [5.41, 5.74) is 6.07. The molecule has 0 bridgehead atoms. The zero-order valence-electron chi connectivity index (χ0n) is 20.2. The number of nitrogens with one attached hydrogen (secondary N) is 2. The highest BCUT2D eigenvalue weighted by Gasteiger charge is 2.24. The van der Waals surface area contributed by atoms with Gasteiger partial charge in [-0.1, -0.05) is 37.5 Å². The van der Waals surface area contributed by atoms with Gasteiger partial charge in [-0.3, -0.25) is 4.79 Å². The number of halogens is 1. The summed E-state index contributed by atoms with van der Waals surface area (Å²) in [5.74, 6) is -0.169. The molecule has 0 saturated heterocycles. The van der Waals surface area contributed by atoms with Crippen LogP contribution >= 0.6 is 0 Å². The van der Waals surface area contributed by atoms with Crippen LogP contribution in [0.1, 0.15) is 67.2 Å². The van der Waals surface area contributed by atoms with Gasteiger partial charge in [0.05, 0.1) is 6.54 Å². The van der Waals surface area contributed by atoms with Crippen LogP contribution in [0.5, 0.6) is 0 Å². The standard InChI is InChI=1S/C28H36FN3O2/c1-20-23(18-30-25-14-13-21(8-6-16-33)26(29)17-25)12-11-22-7-5-15-32(28(20)22)19-27(34)31-24-9-3-2-4-10-24/h11-14,16-17,24,30H,2-10,15,18-19H2,1H3,(H,31,34). The van der Waals surface area contributed by atoms with Crippen molar-refractivity contribution in [1.29, 1.82) is 0 Å². The van der Waals surface area contributed by atoms with Gasteiger partial charge >= 0.3 is 0 Å². The number of hydrogen-bond acceptors (Lipinski definition) is 4. The lowest BCUT2D eigenvalue weighted by Crippen LogP contribution is -2.44. The van der Waals surface area contributed by atoms with Crippen LogP contribution in [0.2, 0.25) is 0 Å². The Morgan fingerprint density at radius 1 is 1.12 bits per heavy atom. The predicted octanol–water partition coefficient (Wildman–Crippen LogP) is 5.08. The first-order valence-corrected chi connectivity index (χ1v) is 12.7. The molecule has 6 heteroatoms. The van der Waals surface area contributed by atoms with Crippen LogP contribution in [0.15, 0.2) is 30.3 Å². The molecule has 0 aromatic heterocycles. The van der Waals surface area contributed by atoms with E-state index in [4.69, 9.17) is 0 Å². The molecule has 0 radical (unpaired) electrons. The van der Waals surface area contributed by atoms with E-state index in [1.807, 2.05) is 6.07 Å². The minimum atomic E-state index is -0.288. The van der Waals surface area contributed by atoms with Crippen molar-refractivity contribution in [3.8, 4) is 0 Å². The average molecular weight is 466 g/mol. The van der Waals surface area contributed by atoms with Gasteiger partial charge in [-0.05, 0) is 73.4 Å². The van der Waals surface area contributed by atoms with Gasteiger partial charge in [-0.25, -0.2) is 4.39 Å². The summed E-state index contributed by atoms with van der Waals surface area (Å²) >= 11 is 0. The van der Waals surface area contributed by atoms with Crippen LogP contribution < -0.4 is 15.5 Å². The minimum Gasteiger partial charge on any atom is -0.381 e. The highest BCUT2D eigenvalue weighted by Crippen LogP contribution is 2.33. The molecule has 2 aliphatic rings. The molecule has 1 heterocycles. The third kappa shape index (κ3) is 5.96. The van der Waals surface area contributed by atoms with Crippen LogP contribution in [0.4, 0.5) is 15.8 Å². The molecule has 2 aromatic rings. The van der Waals surface area contributed by atoms with Gasteiger partial charge in [-0.15, -0.1) is 0 Å². The van der Waals surface area contributed by atoms with Crippen molar-refractivity contribution in [2.45, 2.75) is 77.3 Å². The van der Waals surface area contributed by atoms with Crippen LogP contribution in [-0.4, -0.2) is 31.3 Å². The van der Waals surface area contributed by atoms with Crippen molar-refractivity contribution in [3.63, 3.8) is 0 Å². The number of nitrogens with zero attached hydrogens (tertiary/aromatic N) is 1. The third-order valence-corrected chi connectivity index (χ3v) is 7.19. The summed E-state index contributed by atoms with van der Waals surface area (Å²) in [6.45, 7) is 3.98. The molecule has 1 amide bonds. The lowest BCUT2D eigenvalue weighted by molar-refractivity contribution is -0.120. The second-order valence-electron chi connectivity index (χ2n) is 9.65. The summed E-state index contributed by atoms with van der Waals surface area (Å²) < 4.78 is 14.3. The summed E-state index contributed by atoms with van der Waals surface area (Å²) in [4.78, 5) is 25.6. The second kappa shape index (κ2) is 11.5. The largest absolute Gasteiger partial charge is 0.381 e. The Kier molecular flexibility index (Phi) is 8.20. The lowest BCUT2D eigenvalue weighted by Gasteiger charge is -2.34. The molecule has 4 rings (SSSR count). The third-order valence-electron chi connectivity index (χ3n) is 7.19. The first-order valence-electron chi connectivity index (χ1n) is 12.7. The van der Waals surface area contributed by atoms with Crippen LogP contribution in [-0.2, 0) is 29.0 Å². The van der Waals surface area contributed by atoms with E-state index in [0.717, 1.165) is 44.1 Å². The summed E-state index contributed by atoms with van der Waals surface area (Å²) in [7, 11) is 0. The van der Waals surface area contributed by atoms with E-state index in [2.05, 4.69) is 34.6 Å². The highest BCUT2D eigenvalue weighted by molar-refractivity contribution is 5.83. The molecular formula is C28H36FN3O2. The van der Waals surface area contributed by atoms with E-state index in [1.54, 1.807) is 6.07 Å². The van der Waals surface area contributed by atoms with Crippen molar-refractivity contribution >= 4 is 23.6 Å². The highest BCUT2D eigenvalue weighted by atomic mass is 19.1. The Labute approximate surface area is 202 Å². The number of benzene rings is 2. The Balaban J connectivity index is 1.43. The average Bonchev–Trinajstić information content (AvgIpc) is 2.83. The van der Waals surface area contributed by atoms with Crippen molar-refractivity contribution in [1.82, 2.24) is 5.32 Å². The number of carbonyl (C=O) groups excluding carboxylic acids is 2. The van der Waals surface area contributed by atoms with Gasteiger partial charge in [0.25, 0.3) is 0 Å². The summed E-state index contributed by atoms with van der Waals surface area (Å²) in [5, 5.41) is 6.59. The first-order chi connectivity index (χ1) is 16.5. The number of aryl methyl sites for hydroxylation is 2. The van der Waals surface area contributed by atoms with Crippen molar-refractivity contribution in [2.24, 2.45) is 0 Å². The van der Waals surface area contributed by atoms with Crippen molar-refractivity contribution in [2.75, 3.05) is 23.3 Å². The molecular weight excluding hydrogens is 429 g/mol. The molecule has 1 aliphatic heterocycles. The molecule has 0 atom stereocenters. The van der Waals surface area contributed by atoms with Crippen LogP contribution in [0.25, 0.3) is 0 Å². The fourth-order valence-corrected chi connectivity index (χ4v) is 5.33. The molecule has 1 saturated carbocycles. The smallest absolute Gasteiger partial charge is 0.239 e. The Bertz CT molecular complexity index is 1020. The molecule has 182 valence electrons. The fraction of sp³-hybridized carbons (Fsp3) is 0.500. The predicted molar refractivity (Wildman–Crippen MR) is 135 cm³/mol. The van der Waals surface area contributed by atoms with Crippen molar-refractivity contribution in [3.05, 3.63) is 58.4 Å². The van der Waals surface area contributed by atoms with E-state index in [9.17, 15) is 14.0 Å². The molecule has 0 spiro atoms. The molecule has 1 fully saturated rings. The topological polar surface area (TPSA) is 61.4 Å². The number of fused-ring (bicyclic) bond motifs is 1. The van der Waals surface area contributed by atoms with Crippen LogP contribution in [0.3, 0.4) is 0 Å². The first kappa shape index (κ1) is 24.2. The Morgan fingerprint density at radius 3 is 2.68 bits per heavy atom. The normalized spacial score (nSPS) is 16.1. The second-order valence-corrected chi connectivity index (χ2v) is 9.65. The lowest BCUT2D eigenvalue weighted by atomic mass is 9.94. The van der Waals surface area contributed by atoms with Gasteiger partial charge in [0.2, 0.25) is 5.91 Å². The summed E-state index contributed by atoms with van der Waals surface area (Å²) in [6, 6.07) is 9.74. The Morgan fingerprint density at radius 2 is 1.91 bits per heavy atom. The quantitative estimate of drug-likeness (QED) is 0.507. The SMILES string of the molecule is Cc1c(CNc2ccc(CCC=O)c(F)c2)ccc2c1N(CC(=O)NC1CCCCC1)CCC2. The maximum atomic E-state index is 14.3. The maximum Gasteiger partial charge on any atom is 0.239 e. The van der Waals surface area contributed by atoms with E-state index < -0.39 is 0 Å². The number of anilines is 2. The van der Waals surface area contributed by atoms with E-state index in [-0.39, 0.29) is 11.7 Å². The van der Waals surface area contributed by atoms with Gasteiger partial charge in [-0.2, -0.15) is 0 Å². The Hall–Kier alpha value is -2.89. The number of rotatable bonds is 9. The molecule has 0 unspecified atom stereocenters. The molecule has 34 heavy (non-hydrogen) atoms. The zero-order chi connectivity index (χ0) is 23.9. The monoisotopic (exact) mass is 465 g/mol. The van der Waals surface area contributed by atoms with E-state index >= 15 is 0 Å². The summed E-state index contributed by atoms with van der Waals surface area (Å²) in [6.07, 6.45) is 9.51. The zero-order valence-corrected chi connectivity index (χ0v) is 20.2. The van der Waals surface area contributed by atoms with Gasteiger partial charge < -0.3 is 20.3 Å². The minimum absolute atomic E-state index is 0.118.